The van der Waals surface area contributed by atoms with Crippen LogP contribution in [-0.4, -0.2) is 9.85 Å². The summed E-state index contributed by atoms with van der Waals surface area (Å²) in [5.74, 6) is 0. The van der Waals surface area contributed by atoms with E-state index in [4.69, 9.17) is 4.74 Å². The summed E-state index contributed by atoms with van der Waals surface area (Å²) in [6.45, 7) is 15.5. The third-order valence-corrected chi connectivity index (χ3v) is 5.05. The predicted octanol–water partition coefficient (Wildman–Crippen LogP) is 6.13. The second-order valence-electron chi connectivity index (χ2n) is 6.88. The fourth-order valence-electron chi connectivity index (χ4n) is 3.41. The highest BCUT2D eigenvalue weighted by atomic mass is 16.6. The van der Waals surface area contributed by atoms with E-state index in [-0.39, 0.29) is 11.4 Å². The van der Waals surface area contributed by atoms with E-state index in [0.717, 1.165) is 0 Å². The van der Waals surface area contributed by atoms with Gasteiger partial charge in [0.25, 0.3) is 11.4 Å². The quantitative estimate of drug-likeness (QED) is 0.234. The third-order valence-electron chi connectivity index (χ3n) is 5.05. The van der Waals surface area contributed by atoms with Gasteiger partial charge in [0.1, 0.15) is 11.2 Å². The van der Waals surface area contributed by atoms with Crippen LogP contribution in [0.25, 0.3) is 0 Å². The lowest BCUT2D eigenvalue weighted by Gasteiger charge is -2.41. The van der Waals surface area contributed by atoms with Crippen LogP contribution in [0.1, 0.15) is 24.0 Å². The zero-order chi connectivity index (χ0) is 23.1. The van der Waals surface area contributed by atoms with E-state index in [1.54, 1.807) is 48.6 Å². The summed E-state index contributed by atoms with van der Waals surface area (Å²) >= 11 is 0. The van der Waals surface area contributed by atoms with Crippen molar-refractivity contribution >= 4 is 11.4 Å². The minimum Gasteiger partial charge on any atom is -0.350 e. The Hall–Kier alpha value is -3.84. The Bertz CT molecular complexity index is 916. The van der Waals surface area contributed by atoms with E-state index in [1.165, 1.54) is 24.3 Å². The van der Waals surface area contributed by atoms with E-state index in [2.05, 4.69) is 26.3 Å². The standard InChI is InChI=1S/C24H24N2O5/c1-5-17-23(7-3,19-9-13-21(14-10-19)25(27)28)31-24(8-4,18-6-2)20-11-15-22(16-12-20)26(29)30/h5-16H,1-4,17-18H2. The van der Waals surface area contributed by atoms with Crippen molar-refractivity contribution in [2.24, 2.45) is 0 Å². The van der Waals surface area contributed by atoms with Crippen LogP contribution in [0, 0.1) is 20.2 Å². The molecule has 2 rings (SSSR count). The highest BCUT2D eigenvalue weighted by Gasteiger charge is 2.40. The van der Waals surface area contributed by atoms with Crippen molar-refractivity contribution in [3.05, 3.63) is 131 Å². The first-order chi connectivity index (χ1) is 14.8. The van der Waals surface area contributed by atoms with Crippen molar-refractivity contribution in [3.8, 4) is 0 Å². The van der Waals surface area contributed by atoms with Crippen molar-refractivity contribution in [3.63, 3.8) is 0 Å². The van der Waals surface area contributed by atoms with E-state index < -0.39 is 21.0 Å². The summed E-state index contributed by atoms with van der Waals surface area (Å²) in [6, 6.07) is 12.0. The molecule has 2 aromatic carbocycles. The smallest absolute Gasteiger partial charge is 0.269 e. The van der Waals surface area contributed by atoms with Gasteiger partial charge in [-0.3, -0.25) is 20.2 Å². The van der Waals surface area contributed by atoms with Crippen LogP contribution in [0.5, 0.6) is 0 Å². The Morgan fingerprint density at radius 1 is 0.710 bits per heavy atom. The van der Waals surface area contributed by atoms with Gasteiger partial charge in [0.2, 0.25) is 0 Å². The normalized spacial score (nSPS) is 14.5. The second-order valence-corrected chi connectivity index (χ2v) is 6.88. The molecule has 0 saturated heterocycles. The third kappa shape index (κ3) is 4.84. The van der Waals surface area contributed by atoms with Crippen LogP contribution in [-0.2, 0) is 15.9 Å². The summed E-state index contributed by atoms with van der Waals surface area (Å²) in [7, 11) is 0. The van der Waals surface area contributed by atoms with Crippen molar-refractivity contribution < 1.29 is 14.6 Å². The first kappa shape index (κ1) is 23.4. The topological polar surface area (TPSA) is 95.5 Å². The summed E-state index contributed by atoms with van der Waals surface area (Å²) in [4.78, 5) is 21.1. The number of ether oxygens (including phenoxy) is 1. The summed E-state index contributed by atoms with van der Waals surface area (Å²) in [5, 5.41) is 22.1. The molecule has 0 bridgehead atoms. The molecule has 0 amide bonds. The molecule has 0 saturated carbocycles. The molecule has 0 aromatic heterocycles. The monoisotopic (exact) mass is 420 g/mol. The van der Waals surface area contributed by atoms with E-state index in [0.29, 0.717) is 24.0 Å². The molecule has 0 aliphatic rings. The molecule has 2 atom stereocenters. The molecule has 0 aliphatic carbocycles. The lowest BCUT2D eigenvalue weighted by atomic mass is 9.85. The number of benzene rings is 2. The molecule has 0 aliphatic heterocycles. The van der Waals surface area contributed by atoms with E-state index in [1.807, 2.05) is 0 Å². The molecule has 0 N–H and O–H groups in total. The van der Waals surface area contributed by atoms with Crippen LogP contribution in [0.15, 0.2) is 99.2 Å². The molecular weight excluding hydrogens is 396 g/mol. The van der Waals surface area contributed by atoms with Crippen LogP contribution in [0.4, 0.5) is 11.4 Å². The Balaban J connectivity index is 2.62. The SMILES string of the molecule is C=CCC(C=C)(OC(C=C)(CC=C)c1ccc([N+](=O)[O-])cc1)c1ccc([N+](=O)[O-])cc1. The maximum Gasteiger partial charge on any atom is 0.269 e. The number of hydrogen-bond donors (Lipinski definition) is 0. The minimum absolute atomic E-state index is 0.0447. The Morgan fingerprint density at radius 2 is 1.03 bits per heavy atom. The number of non-ortho nitro benzene ring substituents is 2. The van der Waals surface area contributed by atoms with Gasteiger partial charge in [-0.2, -0.15) is 0 Å². The average molecular weight is 420 g/mol. The molecule has 0 spiro atoms. The fraction of sp³-hybridized carbons (Fsp3) is 0.167. The fourth-order valence-corrected chi connectivity index (χ4v) is 3.41. The number of nitro benzene ring substituents is 2. The molecule has 31 heavy (non-hydrogen) atoms. The summed E-state index contributed by atoms with van der Waals surface area (Å²) in [6.07, 6.45) is 7.22. The van der Waals surface area contributed by atoms with Gasteiger partial charge in [-0.05, 0) is 35.4 Å². The van der Waals surface area contributed by atoms with E-state index >= 15 is 0 Å². The molecule has 0 heterocycles. The maximum absolute atomic E-state index is 11.0. The van der Waals surface area contributed by atoms with Crippen LogP contribution >= 0.6 is 0 Å². The summed E-state index contributed by atoms with van der Waals surface area (Å²) < 4.78 is 6.66. The first-order valence-corrected chi connectivity index (χ1v) is 9.46. The zero-order valence-corrected chi connectivity index (χ0v) is 17.1. The molecular formula is C24H24N2O5. The van der Waals surface area contributed by atoms with Gasteiger partial charge in [0.05, 0.1) is 9.85 Å². The van der Waals surface area contributed by atoms with Gasteiger partial charge in [-0.15, -0.1) is 13.2 Å². The molecule has 0 radical (unpaired) electrons. The highest BCUT2D eigenvalue weighted by molar-refractivity contribution is 5.40. The van der Waals surface area contributed by atoms with E-state index in [9.17, 15) is 20.2 Å². The minimum atomic E-state index is -1.09. The van der Waals surface area contributed by atoms with Crippen molar-refractivity contribution in [2.75, 3.05) is 0 Å². The first-order valence-electron chi connectivity index (χ1n) is 9.46. The van der Waals surface area contributed by atoms with Gasteiger partial charge >= 0.3 is 0 Å². The summed E-state index contributed by atoms with van der Waals surface area (Å²) in [5.41, 5.74) is -0.977. The lowest BCUT2D eigenvalue weighted by Crippen LogP contribution is -2.38. The van der Waals surface area contributed by atoms with Crippen LogP contribution < -0.4 is 0 Å². The molecule has 0 fully saturated rings. The van der Waals surface area contributed by atoms with Gasteiger partial charge in [-0.1, -0.05) is 37.5 Å². The van der Waals surface area contributed by atoms with Crippen molar-refractivity contribution in [2.45, 2.75) is 24.0 Å². The second kappa shape index (κ2) is 9.77. The highest BCUT2D eigenvalue weighted by Crippen LogP contribution is 2.43. The zero-order valence-electron chi connectivity index (χ0n) is 17.1. The van der Waals surface area contributed by atoms with Crippen molar-refractivity contribution in [1.29, 1.82) is 0 Å². The van der Waals surface area contributed by atoms with Crippen LogP contribution in [0.2, 0.25) is 0 Å². The molecule has 160 valence electrons. The molecule has 7 nitrogen and oxygen atoms in total. The van der Waals surface area contributed by atoms with Crippen molar-refractivity contribution in [1.82, 2.24) is 0 Å². The number of rotatable bonds is 12. The van der Waals surface area contributed by atoms with Gasteiger partial charge < -0.3 is 4.74 Å². The van der Waals surface area contributed by atoms with Gasteiger partial charge in [0.15, 0.2) is 0 Å². The Morgan fingerprint density at radius 3 is 1.26 bits per heavy atom. The Labute approximate surface area is 181 Å². The Kier molecular flexibility index (Phi) is 7.39. The van der Waals surface area contributed by atoms with Crippen LogP contribution in [0.3, 0.4) is 0 Å². The number of nitro groups is 2. The van der Waals surface area contributed by atoms with Gasteiger partial charge in [0, 0.05) is 37.1 Å². The predicted molar refractivity (Wildman–Crippen MR) is 121 cm³/mol. The average Bonchev–Trinajstić information content (AvgIpc) is 2.78. The molecule has 2 aromatic rings. The molecule has 2 unspecified atom stereocenters. The maximum atomic E-state index is 11.0. The number of hydrogen-bond acceptors (Lipinski definition) is 5. The number of nitrogens with zero attached hydrogens (tertiary/aromatic N) is 2. The van der Waals surface area contributed by atoms with Gasteiger partial charge in [-0.25, -0.2) is 0 Å². The molecule has 7 heteroatoms. The lowest BCUT2D eigenvalue weighted by molar-refractivity contribution is -0.385. The largest absolute Gasteiger partial charge is 0.350 e.